The highest BCUT2D eigenvalue weighted by atomic mass is 16.2. The molecule has 5 nitrogen and oxygen atoms in total. The summed E-state index contributed by atoms with van der Waals surface area (Å²) in [4.78, 5) is 27.1. The van der Waals surface area contributed by atoms with Gasteiger partial charge in [0.25, 0.3) is 11.8 Å². The first kappa shape index (κ1) is 17.7. The van der Waals surface area contributed by atoms with E-state index in [9.17, 15) is 9.59 Å². The molecule has 3 rings (SSSR count). The number of hydrogen-bond acceptors (Lipinski definition) is 3. The van der Waals surface area contributed by atoms with Crippen molar-refractivity contribution in [3.05, 3.63) is 65.2 Å². The highest BCUT2D eigenvalue weighted by molar-refractivity contribution is 6.06. The largest absolute Gasteiger partial charge is 0.338 e. The van der Waals surface area contributed by atoms with Crippen LogP contribution in [0, 0.1) is 17.2 Å². The molecule has 2 aromatic carbocycles. The molecule has 1 aliphatic rings. The van der Waals surface area contributed by atoms with E-state index in [1.54, 1.807) is 48.5 Å². The van der Waals surface area contributed by atoms with Crippen LogP contribution < -0.4 is 5.32 Å². The average molecular weight is 347 g/mol. The van der Waals surface area contributed by atoms with Gasteiger partial charge in [-0.25, -0.2) is 0 Å². The standard InChI is InChI=1S/C21H21N3O2/c1-15-5-4-10-24(14-15)21(26)18-8-3-7-17(12-18)20(25)23-19-9-2-6-16(11-19)13-22/h2-3,6-9,11-12,15H,4-5,10,14H2,1H3,(H,23,25). The Labute approximate surface area is 153 Å². The molecule has 2 amide bonds. The lowest BCUT2D eigenvalue weighted by atomic mass is 9.99. The van der Waals surface area contributed by atoms with Gasteiger partial charge in [-0.05, 0) is 55.2 Å². The van der Waals surface area contributed by atoms with Gasteiger partial charge < -0.3 is 10.2 Å². The summed E-state index contributed by atoms with van der Waals surface area (Å²) >= 11 is 0. The molecule has 1 heterocycles. The van der Waals surface area contributed by atoms with Crippen molar-refractivity contribution in [2.24, 2.45) is 5.92 Å². The van der Waals surface area contributed by atoms with Crippen LogP contribution in [-0.4, -0.2) is 29.8 Å². The molecular formula is C21H21N3O2. The molecule has 0 aromatic heterocycles. The third-order valence-electron chi connectivity index (χ3n) is 4.57. The summed E-state index contributed by atoms with van der Waals surface area (Å²) in [7, 11) is 0. The van der Waals surface area contributed by atoms with E-state index in [1.807, 2.05) is 11.0 Å². The lowest BCUT2D eigenvalue weighted by molar-refractivity contribution is 0.0683. The van der Waals surface area contributed by atoms with Crippen molar-refractivity contribution in [2.75, 3.05) is 18.4 Å². The van der Waals surface area contributed by atoms with Crippen LogP contribution in [0.25, 0.3) is 0 Å². The summed E-state index contributed by atoms with van der Waals surface area (Å²) in [5.74, 6) is 0.172. The summed E-state index contributed by atoms with van der Waals surface area (Å²) in [5, 5.41) is 11.7. The molecular weight excluding hydrogens is 326 g/mol. The molecule has 1 aliphatic heterocycles. The summed E-state index contributed by atoms with van der Waals surface area (Å²) < 4.78 is 0. The van der Waals surface area contributed by atoms with E-state index in [1.165, 1.54) is 0 Å². The average Bonchev–Trinajstić information content (AvgIpc) is 2.67. The minimum absolute atomic E-state index is 0.0299. The number of anilines is 1. The Bertz CT molecular complexity index is 870. The lowest BCUT2D eigenvalue weighted by Gasteiger charge is -2.31. The molecule has 1 atom stereocenters. The Hall–Kier alpha value is -3.13. The van der Waals surface area contributed by atoms with Crippen LogP contribution in [-0.2, 0) is 0 Å². The third-order valence-corrected chi connectivity index (χ3v) is 4.57. The maximum atomic E-state index is 12.7. The minimum Gasteiger partial charge on any atom is -0.338 e. The zero-order valence-corrected chi connectivity index (χ0v) is 14.7. The predicted molar refractivity (Wildman–Crippen MR) is 99.9 cm³/mol. The van der Waals surface area contributed by atoms with E-state index in [0.29, 0.717) is 28.3 Å². The van der Waals surface area contributed by atoms with Crippen molar-refractivity contribution in [3.8, 4) is 6.07 Å². The van der Waals surface area contributed by atoms with E-state index in [2.05, 4.69) is 12.2 Å². The van der Waals surface area contributed by atoms with Gasteiger partial charge in [0, 0.05) is 29.9 Å². The summed E-state index contributed by atoms with van der Waals surface area (Å²) in [6.45, 7) is 3.68. The molecule has 0 radical (unpaired) electrons. The molecule has 0 saturated carbocycles. The summed E-state index contributed by atoms with van der Waals surface area (Å²) in [6.07, 6.45) is 2.16. The molecule has 0 aliphatic carbocycles. The number of benzene rings is 2. The fourth-order valence-electron chi connectivity index (χ4n) is 3.22. The van der Waals surface area contributed by atoms with Gasteiger partial charge in [-0.1, -0.05) is 19.1 Å². The number of carbonyl (C=O) groups excluding carboxylic acids is 2. The number of carbonyl (C=O) groups is 2. The molecule has 1 unspecified atom stereocenters. The van der Waals surface area contributed by atoms with Gasteiger partial charge in [-0.2, -0.15) is 5.26 Å². The van der Waals surface area contributed by atoms with Crippen molar-refractivity contribution in [1.82, 2.24) is 4.90 Å². The number of nitriles is 1. The SMILES string of the molecule is CC1CCCN(C(=O)c2cccc(C(=O)Nc3cccc(C#N)c3)c2)C1. The molecule has 1 saturated heterocycles. The first-order chi connectivity index (χ1) is 12.6. The molecule has 26 heavy (non-hydrogen) atoms. The quantitative estimate of drug-likeness (QED) is 0.920. The first-order valence-corrected chi connectivity index (χ1v) is 8.77. The number of amides is 2. The van der Waals surface area contributed by atoms with Crippen LogP contribution in [0.2, 0.25) is 0 Å². The first-order valence-electron chi connectivity index (χ1n) is 8.77. The van der Waals surface area contributed by atoms with Crippen molar-refractivity contribution in [2.45, 2.75) is 19.8 Å². The Morgan fingerprint density at radius 3 is 2.69 bits per heavy atom. The van der Waals surface area contributed by atoms with Gasteiger partial charge >= 0.3 is 0 Å². The number of likely N-dealkylation sites (tertiary alicyclic amines) is 1. The molecule has 132 valence electrons. The van der Waals surface area contributed by atoms with Crippen LogP contribution in [0.15, 0.2) is 48.5 Å². The van der Waals surface area contributed by atoms with Crippen LogP contribution in [0.4, 0.5) is 5.69 Å². The van der Waals surface area contributed by atoms with E-state index in [0.717, 1.165) is 25.9 Å². The normalized spacial score (nSPS) is 16.6. The Balaban J connectivity index is 1.75. The van der Waals surface area contributed by atoms with Gasteiger partial charge in [0.1, 0.15) is 0 Å². The molecule has 2 aromatic rings. The van der Waals surface area contributed by atoms with Gasteiger partial charge in [-0.3, -0.25) is 9.59 Å². The highest BCUT2D eigenvalue weighted by Crippen LogP contribution is 2.19. The fraction of sp³-hybridized carbons (Fsp3) is 0.286. The van der Waals surface area contributed by atoms with Gasteiger partial charge in [0.15, 0.2) is 0 Å². The van der Waals surface area contributed by atoms with E-state index in [4.69, 9.17) is 5.26 Å². The molecule has 5 heteroatoms. The minimum atomic E-state index is -0.304. The Morgan fingerprint density at radius 2 is 1.92 bits per heavy atom. The van der Waals surface area contributed by atoms with Crippen molar-refractivity contribution >= 4 is 17.5 Å². The molecule has 0 spiro atoms. The number of hydrogen-bond donors (Lipinski definition) is 1. The zero-order valence-electron chi connectivity index (χ0n) is 14.7. The number of piperidine rings is 1. The van der Waals surface area contributed by atoms with Gasteiger partial charge in [-0.15, -0.1) is 0 Å². The molecule has 0 bridgehead atoms. The maximum absolute atomic E-state index is 12.7. The van der Waals surface area contributed by atoms with E-state index in [-0.39, 0.29) is 11.8 Å². The lowest BCUT2D eigenvalue weighted by Crippen LogP contribution is -2.39. The number of nitrogens with zero attached hydrogens (tertiary/aromatic N) is 2. The molecule has 1 N–H and O–H groups in total. The second-order valence-corrected chi connectivity index (χ2v) is 6.73. The monoisotopic (exact) mass is 347 g/mol. The fourth-order valence-corrected chi connectivity index (χ4v) is 3.22. The Morgan fingerprint density at radius 1 is 1.15 bits per heavy atom. The predicted octanol–water partition coefficient (Wildman–Crippen LogP) is 3.68. The smallest absolute Gasteiger partial charge is 0.255 e. The van der Waals surface area contributed by atoms with E-state index < -0.39 is 0 Å². The third kappa shape index (κ3) is 4.09. The second-order valence-electron chi connectivity index (χ2n) is 6.73. The highest BCUT2D eigenvalue weighted by Gasteiger charge is 2.22. The number of rotatable bonds is 3. The van der Waals surface area contributed by atoms with Gasteiger partial charge in [0.05, 0.1) is 11.6 Å². The summed E-state index contributed by atoms with van der Waals surface area (Å²) in [6, 6.07) is 15.5. The van der Waals surface area contributed by atoms with Crippen molar-refractivity contribution < 1.29 is 9.59 Å². The maximum Gasteiger partial charge on any atom is 0.255 e. The van der Waals surface area contributed by atoms with Gasteiger partial charge in [0.2, 0.25) is 0 Å². The number of nitrogens with one attached hydrogen (secondary N) is 1. The van der Waals surface area contributed by atoms with Crippen molar-refractivity contribution in [3.63, 3.8) is 0 Å². The van der Waals surface area contributed by atoms with Crippen LogP contribution in [0.3, 0.4) is 0 Å². The summed E-state index contributed by atoms with van der Waals surface area (Å²) in [5.41, 5.74) is 1.97. The van der Waals surface area contributed by atoms with Crippen molar-refractivity contribution in [1.29, 1.82) is 5.26 Å². The van der Waals surface area contributed by atoms with Crippen LogP contribution >= 0.6 is 0 Å². The second kappa shape index (κ2) is 7.83. The molecule has 1 fully saturated rings. The zero-order chi connectivity index (χ0) is 18.5. The van der Waals surface area contributed by atoms with Crippen LogP contribution in [0.5, 0.6) is 0 Å². The van der Waals surface area contributed by atoms with E-state index >= 15 is 0 Å². The topological polar surface area (TPSA) is 73.2 Å². The Kier molecular flexibility index (Phi) is 5.33. The van der Waals surface area contributed by atoms with Crippen LogP contribution in [0.1, 0.15) is 46.0 Å².